The third kappa shape index (κ3) is 2.83. The SMILES string of the molecule is COc1cc(C2NN=C3CCNCC32)ccc1OC(C)C. The van der Waals surface area contributed by atoms with Crippen LogP contribution in [-0.2, 0) is 0 Å². The summed E-state index contributed by atoms with van der Waals surface area (Å²) in [5.74, 6) is 2.00. The summed E-state index contributed by atoms with van der Waals surface area (Å²) in [6.45, 7) is 6.02. The van der Waals surface area contributed by atoms with Crippen molar-refractivity contribution < 1.29 is 9.47 Å². The number of hydrogen-bond donors (Lipinski definition) is 2. The Morgan fingerprint density at radius 1 is 1.29 bits per heavy atom. The topological polar surface area (TPSA) is 54.9 Å². The number of nitrogens with zero attached hydrogens (tertiary/aromatic N) is 1. The van der Waals surface area contributed by atoms with Crippen LogP contribution in [0.1, 0.15) is 31.9 Å². The van der Waals surface area contributed by atoms with Crippen LogP contribution in [0.25, 0.3) is 0 Å². The van der Waals surface area contributed by atoms with Gasteiger partial charge in [0.15, 0.2) is 11.5 Å². The van der Waals surface area contributed by atoms with Crippen molar-refractivity contribution in [1.29, 1.82) is 0 Å². The molecule has 114 valence electrons. The molecule has 0 aromatic heterocycles. The summed E-state index contributed by atoms with van der Waals surface area (Å²) >= 11 is 0. The first-order valence-corrected chi connectivity index (χ1v) is 7.56. The largest absolute Gasteiger partial charge is 0.493 e. The zero-order chi connectivity index (χ0) is 14.8. The highest BCUT2D eigenvalue weighted by atomic mass is 16.5. The second-order valence-electron chi connectivity index (χ2n) is 5.85. The van der Waals surface area contributed by atoms with Crippen LogP contribution in [0.2, 0.25) is 0 Å². The highest BCUT2D eigenvalue weighted by Gasteiger charge is 2.34. The zero-order valence-corrected chi connectivity index (χ0v) is 12.8. The van der Waals surface area contributed by atoms with E-state index in [1.54, 1.807) is 7.11 Å². The molecule has 2 unspecified atom stereocenters. The van der Waals surface area contributed by atoms with E-state index in [2.05, 4.69) is 28.0 Å². The van der Waals surface area contributed by atoms with E-state index in [4.69, 9.17) is 9.47 Å². The van der Waals surface area contributed by atoms with E-state index in [1.807, 2.05) is 19.9 Å². The highest BCUT2D eigenvalue weighted by molar-refractivity contribution is 5.89. The Morgan fingerprint density at radius 2 is 2.14 bits per heavy atom. The summed E-state index contributed by atoms with van der Waals surface area (Å²) in [4.78, 5) is 0. The summed E-state index contributed by atoms with van der Waals surface area (Å²) in [6.07, 6.45) is 1.16. The molecule has 1 saturated heterocycles. The lowest BCUT2D eigenvalue weighted by molar-refractivity contribution is 0.230. The Kier molecular flexibility index (Phi) is 4.01. The van der Waals surface area contributed by atoms with Gasteiger partial charge in [-0.25, -0.2) is 0 Å². The van der Waals surface area contributed by atoms with Crippen LogP contribution in [0.5, 0.6) is 11.5 Å². The number of ether oxygens (including phenoxy) is 2. The van der Waals surface area contributed by atoms with Gasteiger partial charge in [-0.3, -0.25) is 0 Å². The lowest BCUT2D eigenvalue weighted by Crippen LogP contribution is -2.38. The van der Waals surface area contributed by atoms with Gasteiger partial charge in [0, 0.05) is 31.1 Å². The van der Waals surface area contributed by atoms with Crippen molar-refractivity contribution in [1.82, 2.24) is 10.7 Å². The minimum Gasteiger partial charge on any atom is -0.493 e. The van der Waals surface area contributed by atoms with Crippen molar-refractivity contribution in [2.75, 3.05) is 20.2 Å². The Labute approximate surface area is 125 Å². The van der Waals surface area contributed by atoms with Crippen LogP contribution < -0.4 is 20.2 Å². The van der Waals surface area contributed by atoms with E-state index in [0.29, 0.717) is 5.92 Å². The average Bonchev–Trinajstić information content (AvgIpc) is 2.91. The Bertz CT molecular complexity index is 542. The molecule has 5 nitrogen and oxygen atoms in total. The standard InChI is InChI=1S/C16H23N3O2/c1-10(2)21-14-5-4-11(8-15(14)20-3)16-12-9-17-7-6-13(12)18-19-16/h4-5,8,10,12,16-17,19H,6-7,9H2,1-3H3. The number of piperidine rings is 1. The molecule has 3 rings (SSSR count). The monoisotopic (exact) mass is 289 g/mol. The van der Waals surface area contributed by atoms with E-state index in [-0.39, 0.29) is 12.1 Å². The second kappa shape index (κ2) is 5.93. The summed E-state index contributed by atoms with van der Waals surface area (Å²) in [6, 6.07) is 6.37. The van der Waals surface area contributed by atoms with E-state index in [1.165, 1.54) is 11.3 Å². The fourth-order valence-electron chi connectivity index (χ4n) is 3.00. The molecule has 2 N–H and O–H groups in total. The molecule has 1 aromatic carbocycles. The van der Waals surface area contributed by atoms with Crippen molar-refractivity contribution >= 4 is 5.71 Å². The van der Waals surface area contributed by atoms with Gasteiger partial charge < -0.3 is 20.2 Å². The first-order valence-electron chi connectivity index (χ1n) is 7.56. The number of hydrogen-bond acceptors (Lipinski definition) is 5. The predicted octanol–water partition coefficient (Wildman–Crippen LogP) is 2.09. The van der Waals surface area contributed by atoms with Gasteiger partial charge in [0.25, 0.3) is 0 Å². The maximum atomic E-state index is 5.77. The molecule has 0 radical (unpaired) electrons. The van der Waals surface area contributed by atoms with Gasteiger partial charge in [-0.2, -0.15) is 5.10 Å². The normalized spacial score (nSPS) is 24.3. The van der Waals surface area contributed by atoms with E-state index < -0.39 is 0 Å². The zero-order valence-electron chi connectivity index (χ0n) is 12.8. The molecule has 1 aromatic rings. The van der Waals surface area contributed by atoms with E-state index >= 15 is 0 Å². The first kappa shape index (κ1) is 14.2. The third-order valence-corrected chi connectivity index (χ3v) is 4.01. The molecule has 21 heavy (non-hydrogen) atoms. The fourth-order valence-corrected chi connectivity index (χ4v) is 3.00. The van der Waals surface area contributed by atoms with Gasteiger partial charge in [0.05, 0.1) is 19.3 Å². The molecule has 2 heterocycles. The number of rotatable bonds is 4. The van der Waals surface area contributed by atoms with Crippen molar-refractivity contribution in [3.63, 3.8) is 0 Å². The number of methoxy groups -OCH3 is 1. The highest BCUT2D eigenvalue weighted by Crippen LogP contribution is 2.36. The van der Waals surface area contributed by atoms with Gasteiger partial charge >= 0.3 is 0 Å². The van der Waals surface area contributed by atoms with Crippen LogP contribution in [0.15, 0.2) is 23.3 Å². The summed E-state index contributed by atoms with van der Waals surface area (Å²) in [5.41, 5.74) is 5.75. The third-order valence-electron chi connectivity index (χ3n) is 4.01. The van der Waals surface area contributed by atoms with Gasteiger partial charge in [-0.15, -0.1) is 0 Å². The predicted molar refractivity (Wildman–Crippen MR) is 83.0 cm³/mol. The van der Waals surface area contributed by atoms with Gasteiger partial charge in [-0.05, 0) is 31.5 Å². The van der Waals surface area contributed by atoms with Crippen LogP contribution in [0, 0.1) is 5.92 Å². The molecule has 1 fully saturated rings. The van der Waals surface area contributed by atoms with Crippen molar-refractivity contribution in [3.8, 4) is 11.5 Å². The molecule has 2 aliphatic heterocycles. The smallest absolute Gasteiger partial charge is 0.161 e. The molecule has 0 saturated carbocycles. The lowest BCUT2D eigenvalue weighted by atomic mass is 9.87. The quantitative estimate of drug-likeness (QED) is 0.891. The summed E-state index contributed by atoms with van der Waals surface area (Å²) < 4.78 is 11.3. The maximum Gasteiger partial charge on any atom is 0.161 e. The molecule has 5 heteroatoms. The minimum absolute atomic E-state index is 0.131. The van der Waals surface area contributed by atoms with Gasteiger partial charge in [-0.1, -0.05) is 6.07 Å². The van der Waals surface area contributed by atoms with Crippen molar-refractivity contribution in [2.45, 2.75) is 32.4 Å². The maximum absolute atomic E-state index is 5.77. The molecule has 0 bridgehead atoms. The van der Waals surface area contributed by atoms with Crippen molar-refractivity contribution in [2.24, 2.45) is 11.0 Å². The van der Waals surface area contributed by atoms with E-state index in [9.17, 15) is 0 Å². The molecule has 0 amide bonds. The number of benzene rings is 1. The van der Waals surface area contributed by atoms with Crippen LogP contribution in [-0.4, -0.2) is 32.0 Å². The number of fused-ring (bicyclic) bond motifs is 1. The Morgan fingerprint density at radius 3 is 2.90 bits per heavy atom. The van der Waals surface area contributed by atoms with Crippen LogP contribution >= 0.6 is 0 Å². The molecule has 0 aliphatic carbocycles. The number of hydrazone groups is 1. The van der Waals surface area contributed by atoms with Gasteiger partial charge in [0.2, 0.25) is 0 Å². The Balaban J connectivity index is 1.83. The number of nitrogens with one attached hydrogen (secondary N) is 2. The average molecular weight is 289 g/mol. The molecule has 0 spiro atoms. The second-order valence-corrected chi connectivity index (χ2v) is 5.85. The summed E-state index contributed by atoms with van der Waals surface area (Å²) in [7, 11) is 1.68. The summed E-state index contributed by atoms with van der Waals surface area (Å²) in [5, 5.41) is 7.94. The Hall–Kier alpha value is -1.75. The van der Waals surface area contributed by atoms with Crippen LogP contribution in [0.4, 0.5) is 0 Å². The minimum atomic E-state index is 0.131. The molecular weight excluding hydrogens is 266 g/mol. The van der Waals surface area contributed by atoms with Crippen LogP contribution in [0.3, 0.4) is 0 Å². The van der Waals surface area contributed by atoms with Crippen molar-refractivity contribution in [3.05, 3.63) is 23.8 Å². The molecule has 2 atom stereocenters. The molecular formula is C16H23N3O2. The van der Waals surface area contributed by atoms with E-state index in [0.717, 1.165) is 31.0 Å². The first-order chi connectivity index (χ1) is 10.2. The fraction of sp³-hybridized carbons (Fsp3) is 0.562. The molecule has 2 aliphatic rings. The van der Waals surface area contributed by atoms with Gasteiger partial charge in [0.1, 0.15) is 0 Å². The lowest BCUT2D eigenvalue weighted by Gasteiger charge is -2.25.